The number of rotatable bonds is 2. The molecule has 0 atom stereocenters. The zero-order chi connectivity index (χ0) is 13.1. The molecule has 0 saturated heterocycles. The molecular weight excluding hydrogens is 293 g/mol. The van der Waals surface area contributed by atoms with Crippen molar-refractivity contribution in [2.24, 2.45) is 0 Å². The zero-order valence-electron chi connectivity index (χ0n) is 9.11. The van der Waals surface area contributed by atoms with Crippen LogP contribution in [0, 0.1) is 5.21 Å². The van der Waals surface area contributed by atoms with Gasteiger partial charge in [-0.1, -0.05) is 40.9 Å². The van der Waals surface area contributed by atoms with Gasteiger partial charge in [-0.3, -0.25) is 0 Å². The van der Waals surface area contributed by atoms with Crippen LogP contribution in [-0.4, -0.2) is 11.0 Å². The molecule has 0 radical (unpaired) electrons. The highest BCUT2D eigenvalue weighted by molar-refractivity contribution is 6.43. The van der Waals surface area contributed by atoms with Crippen LogP contribution >= 0.6 is 34.8 Å². The summed E-state index contributed by atoms with van der Waals surface area (Å²) in [5.41, 5.74) is 1.03. The van der Waals surface area contributed by atoms with Crippen molar-refractivity contribution in [2.75, 3.05) is 0 Å². The topological polar surface area (TPSA) is 26.1 Å². The van der Waals surface area contributed by atoms with Crippen LogP contribution in [0.15, 0.2) is 42.5 Å². The summed E-state index contributed by atoms with van der Waals surface area (Å²) in [6.45, 7) is 0. The van der Waals surface area contributed by atoms with Gasteiger partial charge >= 0.3 is 0 Å². The minimum Gasteiger partial charge on any atom is -0.618 e. The van der Waals surface area contributed by atoms with E-state index in [1.54, 1.807) is 42.5 Å². The normalized spacial score (nSPS) is 11.6. The Morgan fingerprint density at radius 1 is 0.944 bits per heavy atom. The maximum atomic E-state index is 12.0. The van der Waals surface area contributed by atoms with E-state index in [1.807, 2.05) is 0 Å². The molecular formula is C13H8Cl3NO. The first-order valence-electron chi connectivity index (χ1n) is 5.09. The van der Waals surface area contributed by atoms with Crippen molar-refractivity contribution in [1.29, 1.82) is 0 Å². The van der Waals surface area contributed by atoms with Gasteiger partial charge in [-0.05, 0) is 30.3 Å². The van der Waals surface area contributed by atoms with Crippen molar-refractivity contribution < 1.29 is 4.74 Å². The van der Waals surface area contributed by atoms with Crippen LogP contribution in [0.1, 0.15) is 5.56 Å². The first-order valence-corrected chi connectivity index (χ1v) is 6.22. The van der Waals surface area contributed by atoms with E-state index in [-0.39, 0.29) is 5.02 Å². The monoisotopic (exact) mass is 299 g/mol. The van der Waals surface area contributed by atoms with Crippen LogP contribution in [0.5, 0.6) is 0 Å². The molecule has 2 nitrogen and oxygen atoms in total. The highest BCUT2D eigenvalue weighted by atomic mass is 35.5. The molecule has 0 N–H and O–H groups in total. The molecule has 0 amide bonds. The maximum Gasteiger partial charge on any atom is 0.236 e. The van der Waals surface area contributed by atoms with E-state index in [0.29, 0.717) is 20.5 Å². The average Bonchev–Trinajstić information content (AvgIpc) is 2.35. The van der Waals surface area contributed by atoms with Gasteiger partial charge in [0.15, 0.2) is 6.21 Å². The third kappa shape index (κ3) is 2.96. The van der Waals surface area contributed by atoms with E-state index in [0.717, 1.165) is 5.56 Å². The zero-order valence-corrected chi connectivity index (χ0v) is 11.4. The Morgan fingerprint density at radius 2 is 1.61 bits per heavy atom. The Balaban J connectivity index is 2.39. The van der Waals surface area contributed by atoms with Crippen LogP contribution in [-0.2, 0) is 0 Å². The number of benzene rings is 2. The van der Waals surface area contributed by atoms with Gasteiger partial charge in [0.25, 0.3) is 0 Å². The number of hydrogen-bond acceptors (Lipinski definition) is 1. The van der Waals surface area contributed by atoms with Gasteiger partial charge in [-0.15, -0.1) is 0 Å². The third-order valence-electron chi connectivity index (χ3n) is 2.30. The second kappa shape index (κ2) is 5.61. The summed E-state index contributed by atoms with van der Waals surface area (Å²) in [6.07, 6.45) is 1.41. The van der Waals surface area contributed by atoms with Gasteiger partial charge < -0.3 is 5.21 Å². The number of nitrogens with zero attached hydrogens (tertiary/aromatic N) is 1. The lowest BCUT2D eigenvalue weighted by molar-refractivity contribution is -0.354. The number of hydrogen-bond donors (Lipinski definition) is 0. The van der Waals surface area contributed by atoms with Crippen molar-refractivity contribution in [1.82, 2.24) is 0 Å². The lowest BCUT2D eigenvalue weighted by atomic mass is 10.2. The van der Waals surface area contributed by atoms with Crippen LogP contribution in [0.4, 0.5) is 5.69 Å². The molecule has 0 aromatic heterocycles. The van der Waals surface area contributed by atoms with Gasteiger partial charge in [0, 0.05) is 16.7 Å². The molecule has 0 heterocycles. The smallest absolute Gasteiger partial charge is 0.236 e. The standard InChI is InChI=1S/C13H8Cl3NO/c14-10-6-4-9(5-7-10)8-17(18)12-3-1-2-11(15)13(12)16/h1-8H. The Morgan fingerprint density at radius 3 is 2.28 bits per heavy atom. The van der Waals surface area contributed by atoms with Crippen molar-refractivity contribution in [3.63, 3.8) is 0 Å². The summed E-state index contributed by atoms with van der Waals surface area (Å²) in [5, 5.41) is 13.2. The first kappa shape index (κ1) is 13.2. The lowest BCUT2D eigenvalue weighted by Crippen LogP contribution is -1.99. The molecule has 2 aromatic rings. The van der Waals surface area contributed by atoms with E-state index in [2.05, 4.69) is 0 Å². The largest absolute Gasteiger partial charge is 0.618 e. The highest BCUT2D eigenvalue weighted by Gasteiger charge is 2.11. The van der Waals surface area contributed by atoms with Crippen LogP contribution in [0.3, 0.4) is 0 Å². The van der Waals surface area contributed by atoms with Gasteiger partial charge in [-0.25, -0.2) is 0 Å². The molecule has 0 aliphatic rings. The Labute approximate surface area is 120 Å². The molecule has 0 fully saturated rings. The fraction of sp³-hybridized carbons (Fsp3) is 0. The molecule has 0 spiro atoms. The van der Waals surface area contributed by atoms with Crippen molar-refractivity contribution in [3.05, 3.63) is 68.3 Å². The predicted octanol–water partition coefficient (Wildman–Crippen LogP) is 4.91. The van der Waals surface area contributed by atoms with E-state index >= 15 is 0 Å². The summed E-state index contributed by atoms with van der Waals surface area (Å²) in [6, 6.07) is 11.8. The fourth-order valence-electron chi connectivity index (χ4n) is 1.42. The molecule has 0 unspecified atom stereocenters. The second-order valence-corrected chi connectivity index (χ2v) is 4.80. The van der Waals surface area contributed by atoms with Gasteiger partial charge in [0.05, 0.1) is 5.02 Å². The minimum atomic E-state index is 0.236. The van der Waals surface area contributed by atoms with E-state index in [1.165, 1.54) is 6.21 Å². The SMILES string of the molecule is [O-][N+](=Cc1ccc(Cl)cc1)c1cccc(Cl)c1Cl. The van der Waals surface area contributed by atoms with Crippen LogP contribution in [0.25, 0.3) is 0 Å². The molecule has 0 aliphatic carbocycles. The Bertz CT molecular complexity index is 594. The quantitative estimate of drug-likeness (QED) is 0.335. The average molecular weight is 301 g/mol. The highest BCUT2D eigenvalue weighted by Crippen LogP contribution is 2.31. The minimum absolute atomic E-state index is 0.236. The van der Waals surface area contributed by atoms with Gasteiger partial charge in [0.1, 0.15) is 5.02 Å². The molecule has 5 heteroatoms. The maximum absolute atomic E-state index is 12.0. The first-order chi connectivity index (χ1) is 8.58. The fourth-order valence-corrected chi connectivity index (χ4v) is 1.92. The summed E-state index contributed by atoms with van der Waals surface area (Å²) in [7, 11) is 0. The van der Waals surface area contributed by atoms with Crippen LogP contribution < -0.4 is 0 Å². The van der Waals surface area contributed by atoms with E-state index in [4.69, 9.17) is 34.8 Å². The second-order valence-electron chi connectivity index (χ2n) is 3.58. The summed E-state index contributed by atoms with van der Waals surface area (Å²) in [5.74, 6) is 0. The lowest BCUT2D eigenvalue weighted by Gasteiger charge is -2.05. The van der Waals surface area contributed by atoms with Crippen molar-refractivity contribution in [2.45, 2.75) is 0 Å². The van der Waals surface area contributed by atoms with E-state index < -0.39 is 0 Å². The molecule has 0 bridgehead atoms. The molecule has 0 saturated carbocycles. The Kier molecular flexibility index (Phi) is 4.12. The summed E-state index contributed by atoms with van der Waals surface area (Å²) < 4.78 is 0.678. The molecule has 2 aromatic carbocycles. The molecule has 0 aliphatic heterocycles. The van der Waals surface area contributed by atoms with Gasteiger partial charge in [0.2, 0.25) is 5.69 Å². The van der Waals surface area contributed by atoms with Gasteiger partial charge in [-0.2, -0.15) is 4.74 Å². The molecule has 18 heavy (non-hydrogen) atoms. The van der Waals surface area contributed by atoms with E-state index in [9.17, 15) is 5.21 Å². The number of halogens is 3. The predicted molar refractivity (Wildman–Crippen MR) is 76.4 cm³/mol. The molecule has 2 rings (SSSR count). The van der Waals surface area contributed by atoms with Crippen LogP contribution in [0.2, 0.25) is 15.1 Å². The Hall–Kier alpha value is -1.22. The van der Waals surface area contributed by atoms with Crippen molar-refractivity contribution in [3.8, 4) is 0 Å². The van der Waals surface area contributed by atoms with Crippen molar-refractivity contribution >= 4 is 46.7 Å². The summed E-state index contributed by atoms with van der Waals surface area (Å²) in [4.78, 5) is 0. The third-order valence-corrected chi connectivity index (χ3v) is 3.37. The summed E-state index contributed by atoms with van der Waals surface area (Å²) >= 11 is 17.6. The molecule has 92 valence electrons.